The molecule has 0 N–H and O–H groups in total. The van der Waals surface area contributed by atoms with E-state index in [0.29, 0.717) is 18.6 Å². The Morgan fingerprint density at radius 1 is 1.06 bits per heavy atom. The Morgan fingerprint density at radius 2 is 1.72 bits per heavy atom. The van der Waals surface area contributed by atoms with Crippen LogP contribution in [0.15, 0.2) is 30.3 Å². The van der Waals surface area contributed by atoms with Crippen LogP contribution in [0, 0.1) is 0 Å². The number of ether oxygens (including phenoxy) is 1. The molecule has 0 saturated carbocycles. The standard InChI is InChI=1S/C14H16O4/c1-2-18-13(16)10-6-9-12(15)14(17)11-7-4-3-5-8-11/h3-5,7-8H,2,6,9-10H2,1H3. The second kappa shape index (κ2) is 7.37. The fraction of sp³-hybridized carbons (Fsp3) is 0.357. The van der Waals surface area contributed by atoms with Crippen LogP contribution >= 0.6 is 0 Å². The fourth-order valence-corrected chi connectivity index (χ4v) is 1.49. The van der Waals surface area contributed by atoms with Gasteiger partial charge < -0.3 is 4.74 Å². The van der Waals surface area contributed by atoms with Crippen LogP contribution in [-0.2, 0) is 14.3 Å². The number of carbonyl (C=O) groups excluding carboxylic acids is 3. The summed E-state index contributed by atoms with van der Waals surface area (Å²) in [7, 11) is 0. The van der Waals surface area contributed by atoms with Gasteiger partial charge in [-0.3, -0.25) is 14.4 Å². The molecule has 0 aromatic heterocycles. The van der Waals surface area contributed by atoms with E-state index in [1.807, 2.05) is 0 Å². The van der Waals surface area contributed by atoms with Gasteiger partial charge in [0, 0.05) is 18.4 Å². The number of hydrogen-bond acceptors (Lipinski definition) is 4. The average molecular weight is 248 g/mol. The maximum atomic E-state index is 11.7. The van der Waals surface area contributed by atoms with E-state index in [9.17, 15) is 14.4 Å². The first-order chi connectivity index (χ1) is 8.65. The Morgan fingerprint density at radius 3 is 2.33 bits per heavy atom. The minimum Gasteiger partial charge on any atom is -0.466 e. The summed E-state index contributed by atoms with van der Waals surface area (Å²) in [6.45, 7) is 2.05. The summed E-state index contributed by atoms with van der Waals surface area (Å²) in [5.74, 6) is -1.30. The lowest BCUT2D eigenvalue weighted by Crippen LogP contribution is -2.14. The second-order valence-electron chi connectivity index (χ2n) is 3.78. The molecule has 0 aliphatic heterocycles. The highest BCUT2D eigenvalue weighted by atomic mass is 16.5. The molecule has 1 aromatic carbocycles. The average Bonchev–Trinajstić information content (AvgIpc) is 2.39. The van der Waals surface area contributed by atoms with Gasteiger partial charge in [-0.2, -0.15) is 0 Å². The van der Waals surface area contributed by atoms with Gasteiger partial charge in [0.05, 0.1) is 6.61 Å². The summed E-state index contributed by atoms with van der Waals surface area (Å²) in [4.78, 5) is 34.3. The van der Waals surface area contributed by atoms with Gasteiger partial charge in [-0.1, -0.05) is 30.3 Å². The highest BCUT2D eigenvalue weighted by molar-refractivity contribution is 6.43. The van der Waals surface area contributed by atoms with E-state index in [0.717, 1.165) is 0 Å². The quantitative estimate of drug-likeness (QED) is 0.421. The van der Waals surface area contributed by atoms with E-state index in [2.05, 4.69) is 0 Å². The normalized spacial score (nSPS) is 9.83. The highest BCUT2D eigenvalue weighted by Crippen LogP contribution is 2.05. The van der Waals surface area contributed by atoms with Gasteiger partial charge in [0.15, 0.2) is 0 Å². The third-order valence-corrected chi connectivity index (χ3v) is 2.38. The van der Waals surface area contributed by atoms with E-state index in [-0.39, 0.29) is 18.8 Å². The van der Waals surface area contributed by atoms with Crippen LogP contribution in [0.25, 0.3) is 0 Å². The molecule has 0 spiro atoms. The molecule has 0 unspecified atom stereocenters. The second-order valence-corrected chi connectivity index (χ2v) is 3.78. The lowest BCUT2D eigenvalue weighted by atomic mass is 10.0. The lowest BCUT2D eigenvalue weighted by Gasteiger charge is -2.01. The van der Waals surface area contributed by atoms with Gasteiger partial charge in [0.2, 0.25) is 11.6 Å². The minimum atomic E-state index is -0.501. The number of Topliss-reactive ketones (excluding diaryl/α,β-unsaturated/α-hetero) is 2. The Hall–Kier alpha value is -1.97. The van der Waals surface area contributed by atoms with Crippen molar-refractivity contribution >= 4 is 17.5 Å². The predicted molar refractivity (Wildman–Crippen MR) is 66.3 cm³/mol. The molecule has 1 aromatic rings. The van der Waals surface area contributed by atoms with Crippen LogP contribution in [-0.4, -0.2) is 24.1 Å². The lowest BCUT2D eigenvalue weighted by molar-refractivity contribution is -0.143. The number of rotatable bonds is 7. The van der Waals surface area contributed by atoms with E-state index in [1.165, 1.54) is 0 Å². The van der Waals surface area contributed by atoms with Crippen molar-refractivity contribution in [2.45, 2.75) is 26.2 Å². The summed E-state index contributed by atoms with van der Waals surface area (Å²) in [6, 6.07) is 8.40. The van der Waals surface area contributed by atoms with E-state index < -0.39 is 11.6 Å². The first-order valence-electron chi connectivity index (χ1n) is 5.93. The molecule has 0 heterocycles. The summed E-state index contributed by atoms with van der Waals surface area (Å²) >= 11 is 0. The number of carbonyl (C=O) groups is 3. The highest BCUT2D eigenvalue weighted by Gasteiger charge is 2.15. The topological polar surface area (TPSA) is 60.4 Å². The van der Waals surface area contributed by atoms with Crippen LogP contribution in [0.5, 0.6) is 0 Å². The van der Waals surface area contributed by atoms with Crippen molar-refractivity contribution in [3.05, 3.63) is 35.9 Å². The van der Waals surface area contributed by atoms with Gasteiger partial charge in [0.25, 0.3) is 0 Å². The summed E-state index contributed by atoms with van der Waals surface area (Å²) < 4.78 is 4.73. The van der Waals surface area contributed by atoms with Gasteiger partial charge in [-0.15, -0.1) is 0 Å². The summed E-state index contributed by atoms with van der Waals surface area (Å²) in [6.07, 6.45) is 0.588. The Labute approximate surface area is 106 Å². The molecule has 0 bridgehead atoms. The van der Waals surface area contributed by atoms with Gasteiger partial charge in [0.1, 0.15) is 0 Å². The molecule has 4 heteroatoms. The third-order valence-electron chi connectivity index (χ3n) is 2.38. The van der Waals surface area contributed by atoms with Crippen molar-refractivity contribution in [2.24, 2.45) is 0 Å². The Balaban J connectivity index is 2.38. The molecule has 0 fully saturated rings. The van der Waals surface area contributed by atoms with Crippen molar-refractivity contribution in [1.82, 2.24) is 0 Å². The molecule has 0 radical (unpaired) electrons. The fourth-order valence-electron chi connectivity index (χ4n) is 1.49. The van der Waals surface area contributed by atoms with Crippen LogP contribution < -0.4 is 0 Å². The van der Waals surface area contributed by atoms with Gasteiger partial charge in [-0.05, 0) is 13.3 Å². The van der Waals surface area contributed by atoms with Gasteiger partial charge in [-0.25, -0.2) is 0 Å². The molecule has 96 valence electrons. The summed E-state index contributed by atoms with van der Waals surface area (Å²) in [5, 5.41) is 0. The van der Waals surface area contributed by atoms with Gasteiger partial charge >= 0.3 is 5.97 Å². The number of ketones is 2. The van der Waals surface area contributed by atoms with Crippen molar-refractivity contribution in [1.29, 1.82) is 0 Å². The van der Waals surface area contributed by atoms with Crippen molar-refractivity contribution in [3.63, 3.8) is 0 Å². The number of hydrogen-bond donors (Lipinski definition) is 0. The largest absolute Gasteiger partial charge is 0.466 e. The maximum Gasteiger partial charge on any atom is 0.305 e. The summed E-state index contributed by atoms with van der Waals surface area (Å²) in [5.41, 5.74) is 0.388. The number of esters is 1. The first kappa shape index (κ1) is 14.1. The molecule has 0 aliphatic rings. The molecule has 0 saturated heterocycles. The zero-order valence-electron chi connectivity index (χ0n) is 10.3. The molecule has 0 aliphatic carbocycles. The SMILES string of the molecule is CCOC(=O)CCCC(=O)C(=O)c1ccccc1. The smallest absolute Gasteiger partial charge is 0.305 e. The maximum absolute atomic E-state index is 11.7. The Kier molecular flexibility index (Phi) is 5.77. The van der Waals surface area contributed by atoms with Crippen molar-refractivity contribution in [2.75, 3.05) is 6.61 Å². The molecule has 4 nitrogen and oxygen atoms in total. The Bertz CT molecular complexity index is 423. The molecule has 18 heavy (non-hydrogen) atoms. The van der Waals surface area contributed by atoms with Crippen LogP contribution in [0.3, 0.4) is 0 Å². The molecular formula is C14H16O4. The zero-order valence-corrected chi connectivity index (χ0v) is 10.3. The van der Waals surface area contributed by atoms with Crippen molar-refractivity contribution in [3.8, 4) is 0 Å². The van der Waals surface area contributed by atoms with E-state index in [4.69, 9.17) is 4.74 Å². The first-order valence-corrected chi connectivity index (χ1v) is 5.93. The van der Waals surface area contributed by atoms with E-state index in [1.54, 1.807) is 37.3 Å². The van der Waals surface area contributed by atoms with Crippen molar-refractivity contribution < 1.29 is 19.1 Å². The zero-order chi connectivity index (χ0) is 13.4. The van der Waals surface area contributed by atoms with E-state index >= 15 is 0 Å². The predicted octanol–water partition coefficient (Wildman–Crippen LogP) is 2.17. The molecule has 1 rings (SSSR count). The van der Waals surface area contributed by atoms with Crippen LogP contribution in [0.4, 0.5) is 0 Å². The molecule has 0 atom stereocenters. The molecule has 0 amide bonds. The third kappa shape index (κ3) is 4.49. The monoisotopic (exact) mass is 248 g/mol. The molecular weight excluding hydrogens is 232 g/mol. The number of benzene rings is 1. The van der Waals surface area contributed by atoms with Crippen LogP contribution in [0.2, 0.25) is 0 Å². The van der Waals surface area contributed by atoms with Crippen LogP contribution in [0.1, 0.15) is 36.5 Å². The minimum absolute atomic E-state index is 0.0759.